The summed E-state index contributed by atoms with van der Waals surface area (Å²) in [5, 5.41) is 0. The molecular formula is C44H78NO4Re-. The minimum absolute atomic E-state index is 0. The van der Waals surface area contributed by atoms with Crippen LogP contribution in [0.3, 0.4) is 0 Å². The molecule has 1 aliphatic carbocycles. The predicted octanol–water partition coefficient (Wildman–Crippen LogP) is 11.0. The van der Waals surface area contributed by atoms with Crippen LogP contribution in [0.2, 0.25) is 0 Å². The van der Waals surface area contributed by atoms with Crippen LogP contribution in [0, 0.1) is 58.2 Å². The van der Waals surface area contributed by atoms with Gasteiger partial charge in [0.25, 0.3) is 0 Å². The Hall–Kier alpha value is -2.31. The molecule has 0 amide bonds. The largest absolute Gasteiger partial charge is 0.339 e. The fourth-order valence-electron chi connectivity index (χ4n) is 2.35. The molecule has 0 heterocycles. The van der Waals surface area contributed by atoms with E-state index in [1.54, 1.807) is 24.3 Å². The molecule has 0 saturated carbocycles. The second-order valence-corrected chi connectivity index (χ2v) is 17.9. The van der Waals surface area contributed by atoms with E-state index in [0.29, 0.717) is 17.1 Å². The Morgan fingerprint density at radius 1 is 0.880 bits per heavy atom. The Labute approximate surface area is 325 Å². The predicted molar refractivity (Wildman–Crippen MR) is 216 cm³/mol. The van der Waals surface area contributed by atoms with Gasteiger partial charge in [-0.3, -0.25) is 14.4 Å². The first-order valence-electron chi connectivity index (χ1n) is 17.3. The number of ketones is 4. The van der Waals surface area contributed by atoms with Gasteiger partial charge in [0.05, 0.1) is 0 Å². The van der Waals surface area contributed by atoms with E-state index in [1.165, 1.54) is 0 Å². The third-order valence-corrected chi connectivity index (χ3v) is 6.36. The van der Waals surface area contributed by atoms with Gasteiger partial charge in [-0.2, -0.15) is 0 Å². The van der Waals surface area contributed by atoms with Crippen molar-refractivity contribution in [2.45, 2.75) is 131 Å². The SMILES string of the molecule is C#CC(C)C.C/C=C/C(=O)C(C)(C)C.C=CC(C)(C)C.CC(C)(C)C1CC=CC1=O.CN(C)C/C=C/C(=O)C(C)(C)C.[CH2-]C(=O)C(C)(C)C.[Re]. The van der Waals surface area contributed by atoms with Gasteiger partial charge in [0.1, 0.15) is 0 Å². The Morgan fingerprint density at radius 2 is 1.22 bits per heavy atom. The average molecular weight is 871 g/mol. The zero-order valence-electron chi connectivity index (χ0n) is 36.1. The number of hydrogen-bond acceptors (Lipinski definition) is 5. The third kappa shape index (κ3) is 43.7. The Kier molecular flexibility index (Phi) is 33.9. The first kappa shape index (κ1) is 59.8. The fourth-order valence-corrected chi connectivity index (χ4v) is 2.35. The summed E-state index contributed by atoms with van der Waals surface area (Å²) >= 11 is 0. The van der Waals surface area contributed by atoms with Crippen molar-refractivity contribution in [3.05, 3.63) is 56.0 Å². The van der Waals surface area contributed by atoms with Gasteiger partial charge >= 0.3 is 0 Å². The molecule has 0 N–H and O–H groups in total. The summed E-state index contributed by atoms with van der Waals surface area (Å²) in [5.74, 6) is 3.83. The minimum atomic E-state index is -0.250. The van der Waals surface area contributed by atoms with Gasteiger partial charge in [-0.15, -0.1) is 18.9 Å². The van der Waals surface area contributed by atoms with E-state index in [1.807, 2.05) is 120 Å². The third-order valence-electron chi connectivity index (χ3n) is 6.36. The number of likely N-dealkylation sites (N-methyl/N-ethyl adjacent to an activating group) is 1. The summed E-state index contributed by atoms with van der Waals surface area (Å²) in [7, 11) is 3.96. The summed E-state index contributed by atoms with van der Waals surface area (Å²) in [6.45, 7) is 43.3. The number of hydrogen-bond donors (Lipinski definition) is 0. The van der Waals surface area contributed by atoms with Crippen molar-refractivity contribution in [2.75, 3.05) is 20.6 Å². The first-order chi connectivity index (χ1) is 21.6. The van der Waals surface area contributed by atoms with Crippen LogP contribution in [0.25, 0.3) is 0 Å². The molecule has 6 heteroatoms. The Balaban J connectivity index is -0.000000118. The molecule has 291 valence electrons. The van der Waals surface area contributed by atoms with E-state index < -0.39 is 0 Å². The molecule has 0 saturated heterocycles. The molecular weight excluding hydrogens is 793 g/mol. The van der Waals surface area contributed by atoms with Crippen LogP contribution in [0.1, 0.15) is 131 Å². The van der Waals surface area contributed by atoms with Crippen LogP contribution in [0.5, 0.6) is 0 Å². The number of Topliss-reactive ketones (excluding diaryl/α,β-unsaturated/α-hetero) is 1. The van der Waals surface area contributed by atoms with E-state index in [0.717, 1.165) is 13.0 Å². The van der Waals surface area contributed by atoms with Crippen molar-refractivity contribution < 1.29 is 39.6 Å². The van der Waals surface area contributed by atoms with Gasteiger partial charge in [0, 0.05) is 55.4 Å². The van der Waals surface area contributed by atoms with Crippen molar-refractivity contribution >= 4 is 23.1 Å². The molecule has 0 bridgehead atoms. The summed E-state index contributed by atoms with van der Waals surface area (Å²) in [6, 6.07) is 0. The summed E-state index contributed by atoms with van der Waals surface area (Å²) < 4.78 is 0. The molecule has 1 radical (unpaired) electrons. The maximum atomic E-state index is 11.3. The van der Waals surface area contributed by atoms with Crippen LogP contribution >= 0.6 is 0 Å². The fraction of sp³-hybridized carbons (Fsp3) is 0.659. The van der Waals surface area contributed by atoms with Crippen LogP contribution in [0.4, 0.5) is 0 Å². The average Bonchev–Trinajstić information content (AvgIpc) is 3.35. The molecule has 0 aromatic rings. The molecule has 1 rings (SSSR count). The molecule has 0 aliphatic heterocycles. The molecule has 0 spiro atoms. The molecule has 0 aromatic heterocycles. The van der Waals surface area contributed by atoms with Gasteiger partial charge in [0.15, 0.2) is 17.3 Å². The summed E-state index contributed by atoms with van der Waals surface area (Å²) in [4.78, 5) is 45.8. The minimum Gasteiger partial charge on any atom is -0.339 e. The number of carbonyl (C=O) groups excluding carboxylic acids is 4. The number of nitrogens with zero attached hydrogens (tertiary/aromatic N) is 1. The molecule has 1 atom stereocenters. The second-order valence-electron chi connectivity index (χ2n) is 17.9. The van der Waals surface area contributed by atoms with Crippen LogP contribution in [0.15, 0.2) is 49.1 Å². The normalized spacial score (nSPS) is 14.2. The maximum Gasteiger partial charge on any atom is 0.160 e. The van der Waals surface area contributed by atoms with Crippen molar-refractivity contribution in [2.24, 2.45) is 38.9 Å². The second kappa shape index (κ2) is 28.3. The van der Waals surface area contributed by atoms with Crippen LogP contribution in [-0.4, -0.2) is 48.7 Å². The number of rotatable bonds is 4. The van der Waals surface area contributed by atoms with Gasteiger partial charge in [0.2, 0.25) is 0 Å². The molecule has 0 fully saturated rings. The number of carbonyl (C=O) groups is 4. The molecule has 50 heavy (non-hydrogen) atoms. The number of terminal acetylenes is 1. The summed E-state index contributed by atoms with van der Waals surface area (Å²) in [6.07, 6.45) is 18.4. The quantitative estimate of drug-likeness (QED) is 0.122. The van der Waals surface area contributed by atoms with E-state index >= 15 is 0 Å². The van der Waals surface area contributed by atoms with E-state index in [4.69, 9.17) is 6.42 Å². The van der Waals surface area contributed by atoms with E-state index in [-0.39, 0.29) is 65.4 Å². The van der Waals surface area contributed by atoms with Crippen LogP contribution < -0.4 is 0 Å². The van der Waals surface area contributed by atoms with Crippen LogP contribution in [-0.2, 0) is 39.6 Å². The van der Waals surface area contributed by atoms with Crippen molar-refractivity contribution in [3.8, 4) is 12.3 Å². The van der Waals surface area contributed by atoms with Gasteiger partial charge in [-0.25, -0.2) is 0 Å². The Morgan fingerprint density at radius 3 is 1.36 bits per heavy atom. The van der Waals surface area contributed by atoms with Crippen molar-refractivity contribution in [1.29, 1.82) is 0 Å². The maximum absolute atomic E-state index is 11.3. The molecule has 0 aromatic carbocycles. The summed E-state index contributed by atoms with van der Waals surface area (Å²) in [5.41, 5.74) is -0.268. The van der Waals surface area contributed by atoms with E-state index in [9.17, 15) is 19.2 Å². The van der Waals surface area contributed by atoms with Gasteiger partial charge in [-0.05, 0) is 61.9 Å². The van der Waals surface area contributed by atoms with E-state index in [2.05, 4.69) is 61.0 Å². The standard InChI is InChI=1S/C10H19NO.C9H14O.C8H14O.C6H11O.C6H12.C5H8.Re/c1-10(2,3)9(12)7-6-8-11(4)5;1-9(2,3)7-5-4-6-8(7)10;1-5-6-7(9)8(2,3)4;1-5(7)6(2,3)4;1-5-6(2,3)4;1-4-5(2)3;/h6-7H,8H2,1-5H3;4,6-7H,5H2,1-3H3;5-6H,1-4H3;1H2,2-4H3;5H,1H2,2-4H3;1,5H,2-3H3;/q;;;-1;;;/b7-6+;;6-5+;;;;. The monoisotopic (exact) mass is 872 g/mol. The molecule has 1 aliphatic rings. The molecule has 5 nitrogen and oxygen atoms in total. The zero-order chi connectivity index (χ0) is 40.6. The zero-order valence-corrected chi connectivity index (χ0v) is 38.8. The van der Waals surface area contributed by atoms with Gasteiger partial charge in [-0.1, -0.05) is 142 Å². The van der Waals surface area contributed by atoms with Crippen molar-refractivity contribution in [3.63, 3.8) is 0 Å². The van der Waals surface area contributed by atoms with Gasteiger partial charge < -0.3 is 16.6 Å². The number of allylic oxidation sites excluding steroid dienone is 6. The smallest absolute Gasteiger partial charge is 0.160 e. The topological polar surface area (TPSA) is 71.5 Å². The first-order valence-corrected chi connectivity index (χ1v) is 17.3. The van der Waals surface area contributed by atoms with Crippen molar-refractivity contribution in [1.82, 2.24) is 4.90 Å². The molecule has 1 unspecified atom stereocenters. The Bertz CT molecular complexity index is 1100.